The highest BCUT2D eigenvalue weighted by atomic mass is 79.9. The first-order valence-corrected chi connectivity index (χ1v) is 8.10. The van der Waals surface area contributed by atoms with Crippen LogP contribution in [0.4, 0.5) is 0 Å². The number of thioether (sulfide) groups is 1. The molecule has 20 heavy (non-hydrogen) atoms. The molecule has 0 spiro atoms. The van der Waals surface area contributed by atoms with Crippen LogP contribution in [0, 0.1) is 0 Å². The first-order valence-electron chi connectivity index (χ1n) is 5.29. The van der Waals surface area contributed by atoms with Gasteiger partial charge in [-0.2, -0.15) is 0 Å². The number of hydrogen-bond acceptors (Lipinski definition) is 5. The SMILES string of the molecule is CC(=O)Oc1c(Br)cc(/C=C2\SC(=S)NC2=O)cc1Br. The maximum atomic E-state index is 11.6. The Kier molecular flexibility index (Phi) is 5.00. The number of nitrogens with one attached hydrogen (secondary N) is 1. The summed E-state index contributed by atoms with van der Waals surface area (Å²) < 4.78 is 6.74. The van der Waals surface area contributed by atoms with Gasteiger partial charge in [0.25, 0.3) is 5.91 Å². The van der Waals surface area contributed by atoms with Crippen molar-refractivity contribution < 1.29 is 14.3 Å². The van der Waals surface area contributed by atoms with E-state index in [4.69, 9.17) is 17.0 Å². The first-order chi connectivity index (χ1) is 9.36. The molecule has 0 atom stereocenters. The molecule has 2 rings (SSSR count). The third-order valence-electron chi connectivity index (χ3n) is 2.21. The summed E-state index contributed by atoms with van der Waals surface area (Å²) >= 11 is 12.8. The minimum absolute atomic E-state index is 0.212. The second-order valence-electron chi connectivity index (χ2n) is 3.76. The summed E-state index contributed by atoms with van der Waals surface area (Å²) in [7, 11) is 0. The first kappa shape index (κ1) is 15.7. The van der Waals surface area contributed by atoms with Gasteiger partial charge in [0, 0.05) is 6.92 Å². The molecule has 104 valence electrons. The normalized spacial score (nSPS) is 16.4. The van der Waals surface area contributed by atoms with Crippen LogP contribution in [0.2, 0.25) is 0 Å². The molecule has 0 aromatic heterocycles. The number of carbonyl (C=O) groups is 2. The fourth-order valence-electron chi connectivity index (χ4n) is 1.48. The third kappa shape index (κ3) is 3.69. The molecule has 1 heterocycles. The molecule has 1 aromatic rings. The molecule has 0 saturated carbocycles. The Labute approximate surface area is 141 Å². The van der Waals surface area contributed by atoms with Gasteiger partial charge in [-0.15, -0.1) is 0 Å². The van der Waals surface area contributed by atoms with Gasteiger partial charge in [-0.1, -0.05) is 24.0 Å². The molecule has 1 amide bonds. The molecule has 1 saturated heterocycles. The van der Waals surface area contributed by atoms with Crippen LogP contribution in [0.15, 0.2) is 26.0 Å². The molecule has 0 bridgehead atoms. The Morgan fingerprint density at radius 1 is 1.40 bits per heavy atom. The number of halogens is 2. The number of carbonyl (C=O) groups excluding carboxylic acids is 2. The van der Waals surface area contributed by atoms with Gasteiger partial charge < -0.3 is 10.1 Å². The van der Waals surface area contributed by atoms with E-state index >= 15 is 0 Å². The van der Waals surface area contributed by atoms with E-state index in [2.05, 4.69) is 37.2 Å². The molecule has 8 heteroatoms. The van der Waals surface area contributed by atoms with Gasteiger partial charge in [0.05, 0.1) is 13.9 Å². The van der Waals surface area contributed by atoms with Crippen molar-refractivity contribution in [2.75, 3.05) is 0 Å². The van der Waals surface area contributed by atoms with Gasteiger partial charge in [-0.05, 0) is 55.6 Å². The molecular formula is C12H7Br2NO3S2. The Hall–Kier alpha value is -0.700. The van der Waals surface area contributed by atoms with Gasteiger partial charge in [0.1, 0.15) is 4.32 Å². The molecule has 0 aliphatic carbocycles. The zero-order chi connectivity index (χ0) is 14.9. The van der Waals surface area contributed by atoms with Crippen molar-refractivity contribution in [1.82, 2.24) is 5.32 Å². The van der Waals surface area contributed by atoms with Crippen molar-refractivity contribution in [2.24, 2.45) is 0 Å². The van der Waals surface area contributed by atoms with Gasteiger partial charge in [0.2, 0.25) is 0 Å². The van der Waals surface area contributed by atoms with Crippen LogP contribution in [0.25, 0.3) is 6.08 Å². The van der Waals surface area contributed by atoms with Crippen LogP contribution < -0.4 is 10.1 Å². The number of thiocarbonyl (C=S) groups is 1. The molecule has 1 N–H and O–H groups in total. The molecular weight excluding hydrogens is 430 g/mol. The summed E-state index contributed by atoms with van der Waals surface area (Å²) in [5, 5.41) is 2.55. The van der Waals surface area contributed by atoms with E-state index in [0.717, 1.165) is 5.56 Å². The van der Waals surface area contributed by atoms with Gasteiger partial charge in [-0.25, -0.2) is 0 Å². The topological polar surface area (TPSA) is 55.4 Å². The number of esters is 1. The summed E-state index contributed by atoms with van der Waals surface area (Å²) in [6.45, 7) is 1.33. The summed E-state index contributed by atoms with van der Waals surface area (Å²) in [6.07, 6.45) is 1.71. The largest absolute Gasteiger partial charge is 0.424 e. The Morgan fingerprint density at radius 3 is 2.45 bits per heavy atom. The van der Waals surface area contributed by atoms with Crippen LogP contribution >= 0.6 is 55.8 Å². The van der Waals surface area contributed by atoms with Crippen LogP contribution in [0.1, 0.15) is 12.5 Å². The summed E-state index contributed by atoms with van der Waals surface area (Å²) in [5.74, 6) is -0.219. The summed E-state index contributed by atoms with van der Waals surface area (Å²) in [6, 6.07) is 3.51. The lowest BCUT2D eigenvalue weighted by Crippen LogP contribution is -2.17. The Balaban J connectivity index is 2.36. The van der Waals surface area contributed by atoms with E-state index in [1.807, 2.05) is 0 Å². The number of benzene rings is 1. The predicted molar refractivity (Wildman–Crippen MR) is 89.5 cm³/mol. The van der Waals surface area contributed by atoms with E-state index in [1.165, 1.54) is 18.7 Å². The Morgan fingerprint density at radius 2 is 2.00 bits per heavy atom. The standard InChI is InChI=1S/C12H7Br2NO3S2/c1-5(16)18-10-7(13)2-6(3-8(10)14)4-9-11(17)15-12(19)20-9/h2-4H,1H3,(H,15,17,19)/b9-4-. The number of amides is 1. The quantitative estimate of drug-likeness (QED) is 0.332. The minimum atomic E-state index is -0.409. The lowest BCUT2D eigenvalue weighted by Gasteiger charge is -2.08. The average Bonchev–Trinajstić information content (AvgIpc) is 2.62. The Bertz CT molecular complexity index is 635. The second-order valence-corrected chi connectivity index (χ2v) is 7.19. The fraction of sp³-hybridized carbons (Fsp3) is 0.0833. The van der Waals surface area contributed by atoms with Crippen LogP contribution in [-0.4, -0.2) is 16.2 Å². The smallest absolute Gasteiger partial charge is 0.308 e. The van der Waals surface area contributed by atoms with Crippen molar-refractivity contribution in [3.63, 3.8) is 0 Å². The van der Waals surface area contributed by atoms with Gasteiger partial charge >= 0.3 is 5.97 Å². The second kappa shape index (κ2) is 6.38. The monoisotopic (exact) mass is 435 g/mol. The minimum Gasteiger partial charge on any atom is -0.424 e. The molecule has 1 aliphatic heterocycles. The van der Waals surface area contributed by atoms with E-state index in [9.17, 15) is 9.59 Å². The maximum Gasteiger partial charge on any atom is 0.308 e. The summed E-state index contributed by atoms with van der Waals surface area (Å²) in [4.78, 5) is 23.1. The van der Waals surface area contributed by atoms with Crippen molar-refractivity contribution >= 4 is 78.1 Å². The zero-order valence-corrected chi connectivity index (χ0v) is 14.8. The number of ether oxygens (including phenoxy) is 1. The molecule has 4 nitrogen and oxygen atoms in total. The maximum absolute atomic E-state index is 11.6. The van der Waals surface area contributed by atoms with E-state index in [-0.39, 0.29) is 5.91 Å². The summed E-state index contributed by atoms with van der Waals surface area (Å²) in [5.41, 5.74) is 0.780. The van der Waals surface area contributed by atoms with Crippen molar-refractivity contribution in [2.45, 2.75) is 6.92 Å². The van der Waals surface area contributed by atoms with Gasteiger partial charge in [-0.3, -0.25) is 9.59 Å². The molecule has 1 aromatic carbocycles. The number of rotatable bonds is 2. The molecule has 0 unspecified atom stereocenters. The highest BCUT2D eigenvalue weighted by Crippen LogP contribution is 2.36. The van der Waals surface area contributed by atoms with E-state index in [1.54, 1.807) is 18.2 Å². The van der Waals surface area contributed by atoms with Crippen molar-refractivity contribution in [3.05, 3.63) is 31.5 Å². The van der Waals surface area contributed by atoms with Crippen molar-refractivity contribution in [1.29, 1.82) is 0 Å². The number of hydrogen-bond donors (Lipinski definition) is 1. The fourth-order valence-corrected chi connectivity index (χ4v) is 3.90. The molecule has 1 fully saturated rings. The van der Waals surface area contributed by atoms with Crippen molar-refractivity contribution in [3.8, 4) is 5.75 Å². The van der Waals surface area contributed by atoms with E-state index in [0.29, 0.717) is 23.9 Å². The van der Waals surface area contributed by atoms with Crippen LogP contribution in [0.5, 0.6) is 5.75 Å². The third-order valence-corrected chi connectivity index (χ3v) is 4.55. The zero-order valence-electron chi connectivity index (χ0n) is 10.0. The van der Waals surface area contributed by atoms with Crippen LogP contribution in [-0.2, 0) is 9.59 Å². The average molecular weight is 437 g/mol. The molecule has 0 radical (unpaired) electrons. The predicted octanol–water partition coefficient (Wildman–Crippen LogP) is 3.63. The lowest BCUT2D eigenvalue weighted by molar-refractivity contribution is -0.132. The van der Waals surface area contributed by atoms with Gasteiger partial charge in [0.15, 0.2) is 5.75 Å². The lowest BCUT2D eigenvalue weighted by atomic mass is 10.2. The highest BCUT2D eigenvalue weighted by Gasteiger charge is 2.22. The van der Waals surface area contributed by atoms with E-state index < -0.39 is 5.97 Å². The van der Waals surface area contributed by atoms with Crippen LogP contribution in [0.3, 0.4) is 0 Å². The molecule has 1 aliphatic rings. The highest BCUT2D eigenvalue weighted by molar-refractivity contribution is 9.11.